The zero-order valence-electron chi connectivity index (χ0n) is 12.5. The zero-order chi connectivity index (χ0) is 15.4. The summed E-state index contributed by atoms with van der Waals surface area (Å²) in [7, 11) is 0. The van der Waals surface area contributed by atoms with E-state index in [9.17, 15) is 4.79 Å². The lowest BCUT2D eigenvalue weighted by molar-refractivity contribution is -0.117. The average molecular weight is 317 g/mol. The van der Waals surface area contributed by atoms with Crippen molar-refractivity contribution in [2.24, 2.45) is 0 Å². The van der Waals surface area contributed by atoms with Gasteiger partial charge in [-0.1, -0.05) is 12.1 Å². The van der Waals surface area contributed by atoms with Crippen LogP contribution in [0.5, 0.6) is 0 Å². The average Bonchev–Trinajstić information content (AvgIpc) is 2.95. The Morgan fingerprint density at radius 3 is 2.91 bits per heavy atom. The fraction of sp³-hybridized carbons (Fsp3) is 0.375. The van der Waals surface area contributed by atoms with Crippen LogP contribution in [0.1, 0.15) is 11.4 Å². The van der Waals surface area contributed by atoms with E-state index in [1.807, 2.05) is 36.6 Å². The summed E-state index contributed by atoms with van der Waals surface area (Å²) in [5, 5.41) is 9.29. The number of amides is 1. The predicted molar refractivity (Wildman–Crippen MR) is 88.1 cm³/mol. The summed E-state index contributed by atoms with van der Waals surface area (Å²) < 4.78 is 5.35. The molecule has 0 aliphatic carbocycles. The van der Waals surface area contributed by atoms with Gasteiger partial charge in [0.1, 0.15) is 0 Å². The first-order chi connectivity index (χ1) is 10.7. The third kappa shape index (κ3) is 3.91. The fourth-order valence-corrected chi connectivity index (χ4v) is 3.03. The fourth-order valence-electron chi connectivity index (χ4n) is 2.41. The van der Waals surface area contributed by atoms with E-state index in [1.54, 1.807) is 11.3 Å². The molecule has 3 rings (SSSR count). The Morgan fingerprint density at radius 1 is 1.45 bits per heavy atom. The lowest BCUT2D eigenvalue weighted by Crippen LogP contribution is -2.43. The maximum absolute atomic E-state index is 12.0. The normalized spacial score (nSPS) is 18.1. The van der Waals surface area contributed by atoms with E-state index in [0.29, 0.717) is 13.0 Å². The number of hydrogen-bond donors (Lipinski definition) is 2. The Balaban J connectivity index is 1.57. The van der Waals surface area contributed by atoms with E-state index in [1.165, 1.54) is 0 Å². The van der Waals surface area contributed by atoms with Crippen LogP contribution in [0.4, 0.5) is 5.69 Å². The van der Waals surface area contributed by atoms with Crippen LogP contribution >= 0.6 is 11.3 Å². The van der Waals surface area contributed by atoms with Crippen molar-refractivity contribution in [1.82, 2.24) is 10.3 Å². The van der Waals surface area contributed by atoms with Gasteiger partial charge in [-0.15, -0.1) is 11.3 Å². The minimum Gasteiger partial charge on any atom is -0.378 e. The number of aryl methyl sites for hydroxylation is 1. The quantitative estimate of drug-likeness (QED) is 0.909. The molecular weight excluding hydrogens is 298 g/mol. The summed E-state index contributed by atoms with van der Waals surface area (Å²) in [5.74, 6) is 0.000234. The predicted octanol–water partition coefficient (Wildman–Crippen LogP) is 2.44. The van der Waals surface area contributed by atoms with Crippen LogP contribution in [0.2, 0.25) is 0 Å². The van der Waals surface area contributed by atoms with E-state index in [4.69, 9.17) is 4.74 Å². The van der Waals surface area contributed by atoms with Gasteiger partial charge in [-0.2, -0.15) is 0 Å². The van der Waals surface area contributed by atoms with Gasteiger partial charge < -0.3 is 15.4 Å². The van der Waals surface area contributed by atoms with Gasteiger partial charge in [0.05, 0.1) is 23.9 Å². The molecule has 0 spiro atoms. The summed E-state index contributed by atoms with van der Waals surface area (Å²) in [4.78, 5) is 16.5. The van der Waals surface area contributed by atoms with Gasteiger partial charge in [0, 0.05) is 35.6 Å². The second-order valence-corrected chi connectivity index (χ2v) is 6.37. The molecule has 1 amide bonds. The van der Waals surface area contributed by atoms with Gasteiger partial charge in [-0.25, -0.2) is 4.98 Å². The first-order valence-corrected chi connectivity index (χ1v) is 8.22. The number of anilines is 1. The maximum Gasteiger partial charge on any atom is 0.226 e. The van der Waals surface area contributed by atoms with Crippen molar-refractivity contribution in [2.75, 3.05) is 25.1 Å². The largest absolute Gasteiger partial charge is 0.378 e. The van der Waals surface area contributed by atoms with Gasteiger partial charge in [-0.05, 0) is 19.1 Å². The molecule has 0 saturated carbocycles. The molecule has 2 heterocycles. The highest BCUT2D eigenvalue weighted by Gasteiger charge is 2.16. The van der Waals surface area contributed by atoms with Gasteiger partial charge in [-0.3, -0.25) is 4.79 Å². The molecule has 2 aromatic rings. The topological polar surface area (TPSA) is 63.2 Å². The minimum atomic E-state index is 0.000234. The lowest BCUT2D eigenvalue weighted by atomic mass is 10.1. The van der Waals surface area contributed by atoms with Gasteiger partial charge in [0.15, 0.2) is 0 Å². The third-order valence-corrected chi connectivity index (χ3v) is 4.29. The van der Waals surface area contributed by atoms with Crippen LogP contribution in [0.25, 0.3) is 11.3 Å². The highest BCUT2D eigenvalue weighted by molar-refractivity contribution is 7.09. The van der Waals surface area contributed by atoms with E-state index in [0.717, 1.165) is 35.1 Å². The third-order valence-electron chi connectivity index (χ3n) is 3.51. The number of nitrogens with zero attached hydrogens (tertiary/aromatic N) is 1. The number of carbonyl (C=O) groups excluding carboxylic acids is 1. The number of benzene rings is 1. The number of rotatable bonds is 4. The number of aromatic nitrogens is 1. The first-order valence-electron chi connectivity index (χ1n) is 7.34. The molecule has 1 fully saturated rings. The number of nitrogens with one attached hydrogen (secondary N) is 2. The van der Waals surface area contributed by atoms with Crippen LogP contribution in [0, 0.1) is 6.92 Å². The second-order valence-electron chi connectivity index (χ2n) is 5.31. The standard InChI is InChI=1S/C16H19N3O2S/c1-11-18-15(10-22-11)12-2-4-13(5-3-12)19-16(20)8-14-9-21-7-6-17-14/h2-5,10,14,17H,6-9H2,1H3,(H,19,20). The number of morpholine rings is 1. The highest BCUT2D eigenvalue weighted by Crippen LogP contribution is 2.23. The van der Waals surface area contributed by atoms with Gasteiger partial charge in [0.25, 0.3) is 0 Å². The van der Waals surface area contributed by atoms with Gasteiger partial charge in [0.2, 0.25) is 5.91 Å². The minimum absolute atomic E-state index is 0.000234. The van der Waals surface area contributed by atoms with Crippen LogP contribution in [0.15, 0.2) is 29.6 Å². The van der Waals surface area contributed by atoms with Crippen LogP contribution in [-0.2, 0) is 9.53 Å². The van der Waals surface area contributed by atoms with Crippen molar-refractivity contribution in [1.29, 1.82) is 0 Å². The summed E-state index contributed by atoms with van der Waals surface area (Å²) in [6, 6.07) is 7.88. The Labute approximate surface area is 133 Å². The second kappa shape index (κ2) is 7.00. The van der Waals surface area contributed by atoms with E-state index < -0.39 is 0 Å². The van der Waals surface area contributed by atoms with E-state index >= 15 is 0 Å². The van der Waals surface area contributed by atoms with Crippen molar-refractivity contribution in [3.05, 3.63) is 34.7 Å². The molecule has 0 bridgehead atoms. The van der Waals surface area contributed by atoms with Crippen LogP contribution in [-0.4, -0.2) is 36.7 Å². The number of thiazole rings is 1. The highest BCUT2D eigenvalue weighted by atomic mass is 32.1. The van der Waals surface area contributed by atoms with Gasteiger partial charge >= 0.3 is 0 Å². The number of ether oxygens (including phenoxy) is 1. The molecule has 2 N–H and O–H groups in total. The van der Waals surface area contributed by atoms with Crippen molar-refractivity contribution in [2.45, 2.75) is 19.4 Å². The Hall–Kier alpha value is -1.76. The number of hydrogen-bond acceptors (Lipinski definition) is 5. The molecule has 1 aromatic heterocycles. The number of carbonyl (C=O) groups is 1. The molecule has 0 radical (unpaired) electrons. The Kier molecular flexibility index (Phi) is 4.82. The molecule has 6 heteroatoms. The monoisotopic (exact) mass is 317 g/mol. The molecule has 1 saturated heterocycles. The molecule has 5 nitrogen and oxygen atoms in total. The van der Waals surface area contributed by atoms with Crippen molar-refractivity contribution in [3.63, 3.8) is 0 Å². The summed E-state index contributed by atoms with van der Waals surface area (Å²) in [6.07, 6.45) is 0.424. The molecule has 1 aliphatic rings. The van der Waals surface area contributed by atoms with Crippen molar-refractivity contribution < 1.29 is 9.53 Å². The van der Waals surface area contributed by atoms with E-state index in [-0.39, 0.29) is 11.9 Å². The van der Waals surface area contributed by atoms with E-state index in [2.05, 4.69) is 15.6 Å². The van der Waals surface area contributed by atoms with Crippen molar-refractivity contribution >= 4 is 22.9 Å². The summed E-state index contributed by atoms with van der Waals surface area (Å²) >= 11 is 1.63. The SMILES string of the molecule is Cc1nc(-c2ccc(NC(=O)CC3COCCN3)cc2)cs1. The molecule has 116 valence electrons. The first kappa shape index (κ1) is 15.1. The molecular formula is C16H19N3O2S. The van der Waals surface area contributed by atoms with Crippen LogP contribution in [0.3, 0.4) is 0 Å². The summed E-state index contributed by atoms with van der Waals surface area (Å²) in [6.45, 7) is 4.11. The molecule has 1 unspecified atom stereocenters. The summed E-state index contributed by atoms with van der Waals surface area (Å²) in [5.41, 5.74) is 2.84. The Morgan fingerprint density at radius 2 is 2.27 bits per heavy atom. The lowest BCUT2D eigenvalue weighted by Gasteiger charge is -2.23. The molecule has 1 atom stereocenters. The molecule has 1 aliphatic heterocycles. The Bertz CT molecular complexity index is 633. The smallest absolute Gasteiger partial charge is 0.226 e. The maximum atomic E-state index is 12.0. The zero-order valence-corrected chi connectivity index (χ0v) is 13.3. The molecule has 1 aromatic carbocycles. The van der Waals surface area contributed by atoms with Crippen LogP contribution < -0.4 is 10.6 Å². The molecule has 22 heavy (non-hydrogen) atoms. The van der Waals surface area contributed by atoms with Crippen molar-refractivity contribution in [3.8, 4) is 11.3 Å².